The number of carbonyl (C=O) groups is 1. The zero-order valence-electron chi connectivity index (χ0n) is 22.2. The maximum Gasteiger partial charge on any atom is 0.159 e. The highest BCUT2D eigenvalue weighted by atomic mass is 16.3. The lowest BCUT2D eigenvalue weighted by atomic mass is 9.45. The van der Waals surface area contributed by atoms with Crippen molar-refractivity contribution in [3.05, 3.63) is 11.6 Å². The van der Waals surface area contributed by atoms with Gasteiger partial charge in [0.05, 0.1) is 35.1 Å². The van der Waals surface area contributed by atoms with Gasteiger partial charge in [-0.2, -0.15) is 0 Å². The fourth-order valence-electron chi connectivity index (χ4n) is 8.40. The van der Waals surface area contributed by atoms with E-state index in [9.17, 15) is 35.4 Å². The van der Waals surface area contributed by atoms with Crippen LogP contribution >= 0.6 is 0 Å². The van der Waals surface area contributed by atoms with Crippen molar-refractivity contribution >= 4 is 5.78 Å². The Balaban J connectivity index is 1.68. The molecule has 0 unspecified atom stereocenters. The smallest absolute Gasteiger partial charge is 0.159 e. The predicted octanol–water partition coefficient (Wildman–Crippen LogP) is 2.10. The van der Waals surface area contributed by atoms with Crippen LogP contribution < -0.4 is 0 Å². The Morgan fingerprint density at radius 1 is 1.06 bits per heavy atom. The van der Waals surface area contributed by atoms with Gasteiger partial charge in [0.1, 0.15) is 0 Å². The first-order valence-electron chi connectivity index (χ1n) is 13.4. The Kier molecular flexibility index (Phi) is 6.48. The number of hydrogen-bond acceptors (Lipinski definition) is 7. The average Bonchev–Trinajstić information content (AvgIpc) is 3.02. The van der Waals surface area contributed by atoms with Crippen LogP contribution in [-0.4, -0.2) is 71.5 Å². The van der Waals surface area contributed by atoms with Gasteiger partial charge in [0.2, 0.25) is 0 Å². The van der Waals surface area contributed by atoms with E-state index in [1.807, 2.05) is 20.8 Å². The predicted molar refractivity (Wildman–Crippen MR) is 131 cm³/mol. The summed E-state index contributed by atoms with van der Waals surface area (Å²) in [6.45, 7) is 10.7. The highest BCUT2D eigenvalue weighted by Crippen LogP contribution is 2.68. The molecule has 0 heterocycles. The fourth-order valence-corrected chi connectivity index (χ4v) is 8.40. The Hall–Kier alpha value is -0.830. The fraction of sp³-hybridized carbons (Fsp3) is 0.893. The second-order valence-corrected chi connectivity index (χ2v) is 13.6. The van der Waals surface area contributed by atoms with E-state index >= 15 is 0 Å². The summed E-state index contributed by atoms with van der Waals surface area (Å²) in [5, 5.41) is 66.7. The van der Waals surface area contributed by atoms with Gasteiger partial charge in [-0.25, -0.2) is 0 Å². The number of hydrogen-bond donors (Lipinski definition) is 6. The SMILES string of the molecule is C[C@H](C[C@@H](O)[C@](C)(O)[C@H]1CC[C@@]2(O)C3=CC(=O)[C@@H]4C[C@@H](O)C[C@@H](O)[C@]4(C)[C@H]3CC[C@]12C)C(C)(C)O. The van der Waals surface area contributed by atoms with Gasteiger partial charge < -0.3 is 30.6 Å². The van der Waals surface area contributed by atoms with Crippen LogP contribution in [0.15, 0.2) is 11.6 Å². The van der Waals surface area contributed by atoms with E-state index in [0.29, 0.717) is 37.7 Å². The molecule has 4 rings (SSSR count). The van der Waals surface area contributed by atoms with E-state index in [-0.39, 0.29) is 30.5 Å². The van der Waals surface area contributed by atoms with Crippen molar-refractivity contribution in [2.24, 2.45) is 34.5 Å². The highest BCUT2D eigenvalue weighted by Gasteiger charge is 2.69. The molecule has 6 N–H and O–H groups in total. The number of rotatable bonds is 5. The lowest BCUT2D eigenvalue weighted by Crippen LogP contribution is -2.64. The molecule has 200 valence electrons. The number of aliphatic hydroxyl groups excluding tert-OH is 3. The first kappa shape index (κ1) is 27.2. The van der Waals surface area contributed by atoms with Crippen LogP contribution in [0.25, 0.3) is 0 Å². The van der Waals surface area contributed by atoms with E-state index in [2.05, 4.69) is 0 Å². The Morgan fingerprint density at radius 3 is 2.29 bits per heavy atom. The molecule has 0 radical (unpaired) electrons. The molecule has 3 saturated carbocycles. The second kappa shape index (κ2) is 8.34. The normalized spacial score (nSPS) is 47.1. The van der Waals surface area contributed by atoms with Gasteiger partial charge in [-0.3, -0.25) is 4.79 Å². The van der Waals surface area contributed by atoms with Crippen LogP contribution in [0.5, 0.6) is 0 Å². The molecule has 7 heteroatoms. The zero-order chi connectivity index (χ0) is 26.4. The van der Waals surface area contributed by atoms with E-state index in [1.165, 1.54) is 0 Å². The van der Waals surface area contributed by atoms with Crippen LogP contribution in [0.3, 0.4) is 0 Å². The summed E-state index contributed by atoms with van der Waals surface area (Å²) in [6, 6.07) is 0. The molecule has 0 amide bonds. The van der Waals surface area contributed by atoms with Crippen molar-refractivity contribution in [1.29, 1.82) is 0 Å². The zero-order valence-corrected chi connectivity index (χ0v) is 22.2. The molecule has 11 atom stereocenters. The molecule has 0 aliphatic heterocycles. The molecule has 4 aliphatic rings. The number of allylic oxidation sites excluding steroid dienone is 1. The topological polar surface area (TPSA) is 138 Å². The molecule has 0 spiro atoms. The molecule has 35 heavy (non-hydrogen) atoms. The number of fused-ring (bicyclic) bond motifs is 5. The lowest BCUT2D eigenvalue weighted by Gasteiger charge is -2.61. The van der Waals surface area contributed by atoms with Crippen molar-refractivity contribution in [2.45, 2.75) is 122 Å². The van der Waals surface area contributed by atoms with Gasteiger partial charge in [0.15, 0.2) is 5.78 Å². The van der Waals surface area contributed by atoms with Crippen molar-refractivity contribution in [3.63, 3.8) is 0 Å². The summed E-state index contributed by atoms with van der Waals surface area (Å²) in [7, 11) is 0. The molecule has 0 aromatic carbocycles. The molecule has 3 fully saturated rings. The second-order valence-electron chi connectivity index (χ2n) is 13.6. The van der Waals surface area contributed by atoms with Crippen LogP contribution in [-0.2, 0) is 4.79 Å². The maximum atomic E-state index is 13.3. The Bertz CT molecular complexity index is 890. The number of carbonyl (C=O) groups excluding carboxylic acids is 1. The minimum Gasteiger partial charge on any atom is -0.393 e. The number of ketones is 1. The monoisotopic (exact) mass is 494 g/mol. The van der Waals surface area contributed by atoms with Crippen molar-refractivity contribution in [3.8, 4) is 0 Å². The van der Waals surface area contributed by atoms with Gasteiger partial charge in [0, 0.05) is 16.7 Å². The average molecular weight is 495 g/mol. The summed E-state index contributed by atoms with van der Waals surface area (Å²) >= 11 is 0. The molecule has 0 aromatic heterocycles. The van der Waals surface area contributed by atoms with Crippen LogP contribution in [0, 0.1) is 34.5 Å². The third kappa shape index (κ3) is 3.79. The van der Waals surface area contributed by atoms with Crippen LogP contribution in [0.2, 0.25) is 0 Å². The lowest BCUT2D eigenvalue weighted by molar-refractivity contribution is -0.184. The van der Waals surface area contributed by atoms with Gasteiger partial charge in [-0.15, -0.1) is 0 Å². The van der Waals surface area contributed by atoms with E-state index in [1.54, 1.807) is 26.8 Å². The van der Waals surface area contributed by atoms with Crippen LogP contribution in [0.4, 0.5) is 0 Å². The molecular formula is C28H46O7. The van der Waals surface area contributed by atoms with E-state index in [0.717, 1.165) is 0 Å². The molecular weight excluding hydrogens is 448 g/mol. The maximum absolute atomic E-state index is 13.3. The molecule has 0 saturated heterocycles. The summed E-state index contributed by atoms with van der Waals surface area (Å²) < 4.78 is 0. The summed E-state index contributed by atoms with van der Waals surface area (Å²) in [5.74, 6) is -1.47. The van der Waals surface area contributed by atoms with Gasteiger partial charge >= 0.3 is 0 Å². The minimum absolute atomic E-state index is 0.150. The molecule has 4 aliphatic carbocycles. The van der Waals surface area contributed by atoms with Gasteiger partial charge in [0.25, 0.3) is 0 Å². The molecule has 0 aromatic rings. The largest absolute Gasteiger partial charge is 0.393 e. The third-order valence-electron chi connectivity index (χ3n) is 11.3. The standard InChI is InChI=1S/C28H46O7/c1-15(24(2,3)33)11-23(32)27(6,34)21-8-10-28(35)18-14-20(30)19-12-16(29)13-22(31)26(19,5)17(18)7-9-25(21,28)4/h14-17,19,21-23,29,31-35H,7-13H2,1-6H3/t15-,16-,17+,19+,21+,22-,23-,25-,26-,27-,28-/m1/s1. The van der Waals surface area contributed by atoms with E-state index in [4.69, 9.17) is 0 Å². The molecule has 7 nitrogen and oxygen atoms in total. The van der Waals surface area contributed by atoms with Gasteiger partial charge in [-0.05, 0) is 95.1 Å². The Labute approximate surface area is 209 Å². The molecule has 0 bridgehead atoms. The minimum atomic E-state index is -1.49. The first-order valence-corrected chi connectivity index (χ1v) is 13.4. The van der Waals surface area contributed by atoms with Gasteiger partial charge in [-0.1, -0.05) is 20.8 Å². The summed E-state index contributed by atoms with van der Waals surface area (Å²) in [4.78, 5) is 13.3. The summed E-state index contributed by atoms with van der Waals surface area (Å²) in [5.41, 5.74) is -4.68. The van der Waals surface area contributed by atoms with Crippen molar-refractivity contribution in [1.82, 2.24) is 0 Å². The number of aliphatic hydroxyl groups is 6. The summed E-state index contributed by atoms with van der Waals surface area (Å²) in [6.07, 6.45) is 1.81. The van der Waals surface area contributed by atoms with Crippen molar-refractivity contribution in [2.75, 3.05) is 0 Å². The quantitative estimate of drug-likeness (QED) is 0.344. The highest BCUT2D eigenvalue weighted by molar-refractivity contribution is 5.95. The van der Waals surface area contributed by atoms with Crippen LogP contribution in [0.1, 0.15) is 86.5 Å². The van der Waals surface area contributed by atoms with E-state index < -0.39 is 57.8 Å². The van der Waals surface area contributed by atoms with Crippen molar-refractivity contribution < 1.29 is 35.4 Å². The first-order chi connectivity index (χ1) is 15.9. The Morgan fingerprint density at radius 2 is 1.69 bits per heavy atom. The third-order valence-corrected chi connectivity index (χ3v) is 11.3.